The number of benzene rings is 1. The van der Waals surface area contributed by atoms with Crippen molar-refractivity contribution >= 4 is 6.08 Å². The minimum Gasteiger partial charge on any atom is -0.381 e. The Bertz CT molecular complexity index is 480. The van der Waals surface area contributed by atoms with Crippen molar-refractivity contribution in [3.63, 3.8) is 0 Å². The molecule has 0 unspecified atom stereocenters. The topological polar surface area (TPSA) is 9.23 Å². The first-order chi connectivity index (χ1) is 8.87. The quantitative estimate of drug-likeness (QED) is 0.772. The SMILES string of the molecule is CCOCC(C)(C)c1[c]cc2c(c1)C(C)(C)CC=C2. The molecule has 0 fully saturated rings. The Hall–Kier alpha value is -1.08. The fourth-order valence-corrected chi connectivity index (χ4v) is 2.64. The Morgan fingerprint density at radius 3 is 2.79 bits per heavy atom. The third-order valence-electron chi connectivity index (χ3n) is 4.03. The molecule has 0 bridgehead atoms. The van der Waals surface area contributed by atoms with Gasteiger partial charge in [-0.05, 0) is 47.6 Å². The summed E-state index contributed by atoms with van der Waals surface area (Å²) in [5.41, 5.74) is 4.24. The molecule has 1 nitrogen and oxygen atoms in total. The lowest BCUT2D eigenvalue weighted by Gasteiger charge is -2.32. The first kappa shape index (κ1) is 14.3. The van der Waals surface area contributed by atoms with E-state index >= 15 is 0 Å². The first-order valence-electron chi connectivity index (χ1n) is 7.18. The molecule has 103 valence electrons. The molecule has 0 amide bonds. The van der Waals surface area contributed by atoms with Crippen LogP contribution in [0.25, 0.3) is 6.08 Å². The molecule has 1 heteroatoms. The molecule has 1 aromatic rings. The second kappa shape index (κ2) is 5.13. The van der Waals surface area contributed by atoms with Crippen LogP contribution in [0.3, 0.4) is 0 Å². The van der Waals surface area contributed by atoms with Crippen molar-refractivity contribution in [1.29, 1.82) is 0 Å². The molecule has 1 aliphatic rings. The summed E-state index contributed by atoms with van der Waals surface area (Å²) < 4.78 is 5.61. The zero-order valence-corrected chi connectivity index (χ0v) is 12.8. The van der Waals surface area contributed by atoms with Crippen molar-refractivity contribution < 1.29 is 4.74 Å². The molecule has 2 rings (SSSR count). The summed E-state index contributed by atoms with van der Waals surface area (Å²) >= 11 is 0. The lowest BCUT2D eigenvalue weighted by molar-refractivity contribution is 0.105. The minimum absolute atomic E-state index is 0.0162. The zero-order chi connectivity index (χ0) is 14.1. The standard InChI is InChI=1S/C18H25O/c1-6-19-13-18(4,5)15-10-9-14-8-7-11-17(2,3)16(14)12-15/h7-9,12H,6,11,13H2,1-5H3. The number of hydrogen-bond acceptors (Lipinski definition) is 1. The Kier molecular flexibility index (Phi) is 3.87. The molecule has 0 aromatic heterocycles. The van der Waals surface area contributed by atoms with Crippen LogP contribution in [0.5, 0.6) is 0 Å². The number of fused-ring (bicyclic) bond motifs is 1. The molecule has 0 heterocycles. The van der Waals surface area contributed by atoms with Gasteiger partial charge in [0.2, 0.25) is 0 Å². The molecular weight excluding hydrogens is 232 g/mol. The highest BCUT2D eigenvalue weighted by Gasteiger charge is 2.28. The lowest BCUT2D eigenvalue weighted by Crippen LogP contribution is -2.27. The van der Waals surface area contributed by atoms with Gasteiger partial charge in [-0.1, -0.05) is 45.9 Å². The van der Waals surface area contributed by atoms with Gasteiger partial charge in [0.1, 0.15) is 0 Å². The number of rotatable bonds is 4. The summed E-state index contributed by atoms with van der Waals surface area (Å²) in [7, 11) is 0. The summed E-state index contributed by atoms with van der Waals surface area (Å²) in [6.45, 7) is 12.6. The van der Waals surface area contributed by atoms with Crippen LogP contribution < -0.4 is 0 Å². The van der Waals surface area contributed by atoms with E-state index in [0.717, 1.165) is 19.6 Å². The number of ether oxygens (including phenoxy) is 1. The van der Waals surface area contributed by atoms with Crippen LogP contribution in [-0.2, 0) is 15.6 Å². The van der Waals surface area contributed by atoms with Gasteiger partial charge >= 0.3 is 0 Å². The highest BCUT2D eigenvalue weighted by molar-refractivity contribution is 5.60. The summed E-state index contributed by atoms with van der Waals surface area (Å²) in [5.74, 6) is 0. The van der Waals surface area contributed by atoms with E-state index in [4.69, 9.17) is 4.74 Å². The van der Waals surface area contributed by atoms with Crippen LogP contribution in [0.1, 0.15) is 57.7 Å². The maximum absolute atomic E-state index is 5.61. The van der Waals surface area contributed by atoms with Gasteiger partial charge in [-0.25, -0.2) is 0 Å². The Balaban J connectivity index is 2.38. The maximum Gasteiger partial charge on any atom is 0.0557 e. The molecule has 0 saturated carbocycles. The van der Waals surface area contributed by atoms with E-state index in [1.54, 1.807) is 0 Å². The van der Waals surface area contributed by atoms with E-state index in [1.165, 1.54) is 16.7 Å². The summed E-state index contributed by atoms with van der Waals surface area (Å²) in [6, 6.07) is 7.92. The first-order valence-corrected chi connectivity index (χ1v) is 7.18. The van der Waals surface area contributed by atoms with Crippen molar-refractivity contribution in [3.8, 4) is 0 Å². The van der Waals surface area contributed by atoms with Crippen molar-refractivity contribution in [3.05, 3.63) is 41.0 Å². The number of allylic oxidation sites excluding steroid dienone is 1. The summed E-state index contributed by atoms with van der Waals surface area (Å²) in [5, 5.41) is 0. The Morgan fingerprint density at radius 1 is 1.37 bits per heavy atom. The van der Waals surface area contributed by atoms with Crippen molar-refractivity contribution in [1.82, 2.24) is 0 Å². The fourth-order valence-electron chi connectivity index (χ4n) is 2.64. The van der Waals surface area contributed by atoms with E-state index in [0.29, 0.717) is 0 Å². The van der Waals surface area contributed by atoms with Gasteiger partial charge in [-0.2, -0.15) is 0 Å². The van der Waals surface area contributed by atoms with Crippen LogP contribution >= 0.6 is 0 Å². The largest absolute Gasteiger partial charge is 0.381 e. The number of hydrogen-bond donors (Lipinski definition) is 0. The van der Waals surface area contributed by atoms with Gasteiger partial charge < -0.3 is 4.74 Å². The molecular formula is C18H25O. The van der Waals surface area contributed by atoms with Gasteiger partial charge in [0, 0.05) is 12.0 Å². The fraction of sp³-hybridized carbons (Fsp3) is 0.556. The van der Waals surface area contributed by atoms with Gasteiger partial charge in [-0.15, -0.1) is 0 Å². The second-order valence-electron chi connectivity index (χ2n) is 6.73. The van der Waals surface area contributed by atoms with Gasteiger partial charge in [0.05, 0.1) is 6.61 Å². The third kappa shape index (κ3) is 2.92. The van der Waals surface area contributed by atoms with Gasteiger partial charge in [0.15, 0.2) is 0 Å². The average molecular weight is 257 g/mol. The predicted molar refractivity (Wildman–Crippen MR) is 81.5 cm³/mol. The normalized spacial score (nSPS) is 17.3. The second-order valence-corrected chi connectivity index (χ2v) is 6.73. The molecule has 0 saturated heterocycles. The zero-order valence-electron chi connectivity index (χ0n) is 12.8. The molecule has 0 aliphatic heterocycles. The van der Waals surface area contributed by atoms with Crippen LogP contribution in [0.15, 0.2) is 18.2 Å². The Morgan fingerprint density at radius 2 is 2.11 bits per heavy atom. The Labute approximate surface area is 117 Å². The molecule has 0 atom stereocenters. The average Bonchev–Trinajstić information content (AvgIpc) is 2.36. The maximum atomic E-state index is 5.61. The van der Waals surface area contributed by atoms with Gasteiger partial charge in [0.25, 0.3) is 0 Å². The molecule has 1 radical (unpaired) electrons. The van der Waals surface area contributed by atoms with E-state index in [1.807, 2.05) is 6.92 Å². The summed E-state index contributed by atoms with van der Waals surface area (Å²) in [6.07, 6.45) is 5.59. The molecule has 0 N–H and O–H groups in total. The smallest absolute Gasteiger partial charge is 0.0557 e. The highest BCUT2D eigenvalue weighted by Crippen LogP contribution is 2.37. The van der Waals surface area contributed by atoms with E-state index in [2.05, 4.69) is 58.0 Å². The van der Waals surface area contributed by atoms with E-state index in [9.17, 15) is 0 Å². The summed E-state index contributed by atoms with van der Waals surface area (Å²) in [4.78, 5) is 0. The van der Waals surface area contributed by atoms with Crippen LogP contribution in [0.2, 0.25) is 0 Å². The lowest BCUT2D eigenvalue weighted by atomic mass is 9.73. The monoisotopic (exact) mass is 257 g/mol. The molecule has 1 aliphatic carbocycles. The molecule has 0 spiro atoms. The van der Waals surface area contributed by atoms with Crippen molar-refractivity contribution in [2.45, 2.75) is 51.9 Å². The van der Waals surface area contributed by atoms with Crippen LogP contribution in [0, 0.1) is 6.07 Å². The molecule has 19 heavy (non-hydrogen) atoms. The predicted octanol–water partition coefficient (Wildman–Crippen LogP) is 4.50. The van der Waals surface area contributed by atoms with Crippen LogP contribution in [0.4, 0.5) is 0 Å². The van der Waals surface area contributed by atoms with Crippen molar-refractivity contribution in [2.75, 3.05) is 13.2 Å². The third-order valence-corrected chi connectivity index (χ3v) is 4.03. The van der Waals surface area contributed by atoms with Gasteiger partial charge in [-0.3, -0.25) is 0 Å². The van der Waals surface area contributed by atoms with E-state index < -0.39 is 0 Å². The highest BCUT2D eigenvalue weighted by atomic mass is 16.5. The van der Waals surface area contributed by atoms with Crippen LogP contribution in [-0.4, -0.2) is 13.2 Å². The van der Waals surface area contributed by atoms with E-state index in [-0.39, 0.29) is 10.8 Å². The minimum atomic E-state index is 0.0162. The van der Waals surface area contributed by atoms with Crippen molar-refractivity contribution in [2.24, 2.45) is 0 Å². The molecule has 1 aromatic carbocycles.